The smallest absolute Gasteiger partial charge is 0.165 e. The third-order valence-corrected chi connectivity index (χ3v) is 3.99. The predicted molar refractivity (Wildman–Crippen MR) is 77.1 cm³/mol. The molecule has 0 aliphatic rings. The molecular formula is C15H18FNOS. The standard InChI is InChI=1S/C15H18FNOS/c1-10(7-13-5-3-11(2)19-13)17-9-12-4-6-15(18)14(16)8-12/h3-6,8,10,17-18H,7,9H2,1-2H3. The Morgan fingerprint density at radius 1 is 1.32 bits per heavy atom. The van der Waals surface area contributed by atoms with Crippen LogP contribution in [0.2, 0.25) is 0 Å². The minimum absolute atomic E-state index is 0.300. The van der Waals surface area contributed by atoms with Crippen LogP contribution in [0.15, 0.2) is 30.3 Å². The molecule has 0 spiro atoms. The molecule has 0 saturated heterocycles. The summed E-state index contributed by atoms with van der Waals surface area (Å²) in [5.41, 5.74) is 0.838. The quantitative estimate of drug-likeness (QED) is 0.876. The van der Waals surface area contributed by atoms with Gasteiger partial charge in [-0.25, -0.2) is 4.39 Å². The second kappa shape index (κ2) is 6.17. The molecule has 19 heavy (non-hydrogen) atoms. The Labute approximate surface area is 116 Å². The zero-order valence-electron chi connectivity index (χ0n) is 11.1. The fourth-order valence-electron chi connectivity index (χ4n) is 1.92. The lowest BCUT2D eigenvalue weighted by atomic mass is 10.1. The van der Waals surface area contributed by atoms with Crippen LogP contribution in [0.25, 0.3) is 0 Å². The van der Waals surface area contributed by atoms with Crippen molar-refractivity contribution in [2.75, 3.05) is 0 Å². The van der Waals surface area contributed by atoms with Gasteiger partial charge in [-0.15, -0.1) is 11.3 Å². The Hall–Kier alpha value is -1.39. The second-order valence-corrected chi connectivity index (χ2v) is 6.16. The highest BCUT2D eigenvalue weighted by atomic mass is 32.1. The first kappa shape index (κ1) is 14.0. The lowest BCUT2D eigenvalue weighted by Crippen LogP contribution is -2.27. The van der Waals surface area contributed by atoms with E-state index in [1.54, 1.807) is 6.07 Å². The maximum atomic E-state index is 13.2. The Balaban J connectivity index is 1.86. The normalized spacial score (nSPS) is 12.6. The number of benzene rings is 1. The molecule has 1 aromatic heterocycles. The van der Waals surface area contributed by atoms with Crippen LogP contribution >= 0.6 is 11.3 Å². The third kappa shape index (κ3) is 4.04. The molecule has 2 rings (SSSR count). The van der Waals surface area contributed by atoms with Crippen molar-refractivity contribution in [3.63, 3.8) is 0 Å². The molecule has 1 heterocycles. The summed E-state index contributed by atoms with van der Waals surface area (Å²) in [5.74, 6) is -0.869. The first-order valence-corrected chi connectivity index (χ1v) is 7.12. The van der Waals surface area contributed by atoms with Crippen molar-refractivity contribution in [3.8, 4) is 5.75 Å². The summed E-state index contributed by atoms with van der Waals surface area (Å²) < 4.78 is 13.2. The topological polar surface area (TPSA) is 32.3 Å². The van der Waals surface area contributed by atoms with Crippen LogP contribution in [-0.2, 0) is 13.0 Å². The zero-order valence-corrected chi connectivity index (χ0v) is 11.9. The minimum Gasteiger partial charge on any atom is -0.505 e. The fourth-order valence-corrected chi connectivity index (χ4v) is 2.94. The monoisotopic (exact) mass is 279 g/mol. The minimum atomic E-state index is -0.569. The van der Waals surface area contributed by atoms with Gasteiger partial charge in [-0.1, -0.05) is 6.07 Å². The number of thiophene rings is 1. The number of aromatic hydroxyl groups is 1. The van der Waals surface area contributed by atoms with Gasteiger partial charge < -0.3 is 10.4 Å². The van der Waals surface area contributed by atoms with Crippen LogP contribution in [0.3, 0.4) is 0 Å². The van der Waals surface area contributed by atoms with E-state index in [9.17, 15) is 4.39 Å². The highest BCUT2D eigenvalue weighted by Gasteiger charge is 2.06. The molecule has 0 amide bonds. The molecule has 102 valence electrons. The molecule has 4 heteroatoms. The molecule has 0 bridgehead atoms. The van der Waals surface area contributed by atoms with Crippen LogP contribution in [0.5, 0.6) is 5.75 Å². The van der Waals surface area contributed by atoms with Gasteiger partial charge in [0.05, 0.1) is 0 Å². The highest BCUT2D eigenvalue weighted by Crippen LogP contribution is 2.18. The summed E-state index contributed by atoms with van der Waals surface area (Å²) in [7, 11) is 0. The van der Waals surface area contributed by atoms with E-state index in [-0.39, 0.29) is 5.75 Å². The summed E-state index contributed by atoms with van der Waals surface area (Å²) in [6, 6.07) is 9.09. The molecule has 0 aliphatic heterocycles. The zero-order chi connectivity index (χ0) is 13.8. The van der Waals surface area contributed by atoms with Gasteiger partial charge in [0, 0.05) is 22.3 Å². The van der Waals surface area contributed by atoms with E-state index >= 15 is 0 Å². The summed E-state index contributed by atoms with van der Waals surface area (Å²) in [6.45, 7) is 4.82. The average Bonchev–Trinajstić information content (AvgIpc) is 2.76. The van der Waals surface area contributed by atoms with Crippen molar-refractivity contribution in [3.05, 3.63) is 51.5 Å². The molecule has 1 unspecified atom stereocenters. The largest absolute Gasteiger partial charge is 0.505 e. The SMILES string of the molecule is Cc1ccc(CC(C)NCc2ccc(O)c(F)c2)s1. The first-order valence-electron chi connectivity index (χ1n) is 6.30. The van der Waals surface area contributed by atoms with Crippen LogP contribution in [0.4, 0.5) is 4.39 Å². The van der Waals surface area contributed by atoms with E-state index in [4.69, 9.17) is 5.11 Å². The summed E-state index contributed by atoms with van der Waals surface area (Å²) >= 11 is 1.81. The van der Waals surface area contributed by atoms with E-state index in [1.165, 1.54) is 21.9 Å². The van der Waals surface area contributed by atoms with Crippen molar-refractivity contribution in [2.24, 2.45) is 0 Å². The number of aryl methyl sites for hydroxylation is 1. The molecule has 1 aromatic carbocycles. The fraction of sp³-hybridized carbons (Fsp3) is 0.333. The molecule has 0 saturated carbocycles. The number of phenolic OH excluding ortho intramolecular Hbond substituents is 1. The van der Waals surface area contributed by atoms with Gasteiger partial charge in [0.1, 0.15) is 0 Å². The van der Waals surface area contributed by atoms with Gasteiger partial charge in [-0.05, 0) is 50.1 Å². The number of phenols is 1. The molecule has 0 radical (unpaired) electrons. The van der Waals surface area contributed by atoms with Gasteiger partial charge in [-0.3, -0.25) is 0 Å². The summed E-state index contributed by atoms with van der Waals surface area (Å²) in [5, 5.41) is 12.5. The van der Waals surface area contributed by atoms with Crippen LogP contribution < -0.4 is 5.32 Å². The van der Waals surface area contributed by atoms with Crippen LogP contribution in [0.1, 0.15) is 22.2 Å². The lowest BCUT2D eigenvalue weighted by Gasteiger charge is -2.13. The molecule has 2 aromatic rings. The summed E-state index contributed by atoms with van der Waals surface area (Å²) in [4.78, 5) is 2.68. The molecule has 0 fully saturated rings. The van der Waals surface area contributed by atoms with E-state index in [0.29, 0.717) is 12.6 Å². The maximum absolute atomic E-state index is 13.2. The second-order valence-electron chi connectivity index (χ2n) is 4.78. The van der Waals surface area contributed by atoms with E-state index < -0.39 is 5.82 Å². The lowest BCUT2D eigenvalue weighted by molar-refractivity contribution is 0.431. The van der Waals surface area contributed by atoms with Crippen molar-refractivity contribution in [1.82, 2.24) is 5.32 Å². The van der Waals surface area contributed by atoms with Crippen molar-refractivity contribution < 1.29 is 9.50 Å². The van der Waals surface area contributed by atoms with Crippen molar-refractivity contribution in [1.29, 1.82) is 0 Å². The Kier molecular flexibility index (Phi) is 4.56. The first-order chi connectivity index (χ1) is 9.04. The van der Waals surface area contributed by atoms with E-state index in [1.807, 2.05) is 11.3 Å². The number of nitrogens with one attached hydrogen (secondary N) is 1. The Morgan fingerprint density at radius 3 is 2.74 bits per heavy atom. The van der Waals surface area contributed by atoms with E-state index in [0.717, 1.165) is 12.0 Å². The third-order valence-electron chi connectivity index (χ3n) is 2.97. The highest BCUT2D eigenvalue weighted by molar-refractivity contribution is 7.11. The molecule has 2 nitrogen and oxygen atoms in total. The predicted octanol–water partition coefficient (Wildman–Crippen LogP) is 3.62. The maximum Gasteiger partial charge on any atom is 0.165 e. The van der Waals surface area contributed by atoms with Crippen molar-refractivity contribution >= 4 is 11.3 Å². The number of hydrogen-bond donors (Lipinski definition) is 2. The van der Waals surface area contributed by atoms with Gasteiger partial charge >= 0.3 is 0 Å². The number of halogens is 1. The Morgan fingerprint density at radius 2 is 2.11 bits per heavy atom. The number of rotatable bonds is 5. The van der Waals surface area contributed by atoms with E-state index in [2.05, 4.69) is 31.3 Å². The number of hydrogen-bond acceptors (Lipinski definition) is 3. The molecule has 1 atom stereocenters. The van der Waals surface area contributed by atoms with Crippen LogP contribution in [0, 0.1) is 12.7 Å². The molecule has 2 N–H and O–H groups in total. The Bertz CT molecular complexity index is 553. The molecular weight excluding hydrogens is 261 g/mol. The van der Waals surface area contributed by atoms with Gasteiger partial charge in [0.15, 0.2) is 11.6 Å². The summed E-state index contributed by atoms with van der Waals surface area (Å²) in [6.07, 6.45) is 0.971. The van der Waals surface area contributed by atoms with Crippen LogP contribution in [-0.4, -0.2) is 11.1 Å². The van der Waals surface area contributed by atoms with Gasteiger partial charge in [0.25, 0.3) is 0 Å². The van der Waals surface area contributed by atoms with Crippen molar-refractivity contribution in [2.45, 2.75) is 32.9 Å². The van der Waals surface area contributed by atoms with Gasteiger partial charge in [-0.2, -0.15) is 0 Å². The average molecular weight is 279 g/mol. The van der Waals surface area contributed by atoms with Gasteiger partial charge in [0.2, 0.25) is 0 Å². The molecule has 0 aliphatic carbocycles.